The van der Waals surface area contributed by atoms with E-state index in [9.17, 15) is 24.1 Å². The molecule has 0 unspecified atom stereocenters. The number of aromatic carboxylic acids is 1. The average molecular weight is 334 g/mol. The molecule has 0 spiro atoms. The number of nitrogens with one attached hydrogen (secondary N) is 1. The molecule has 10 heteroatoms. The normalized spacial score (nSPS) is 10.3. The van der Waals surface area contributed by atoms with Crippen molar-refractivity contribution < 1.29 is 24.0 Å². The highest BCUT2D eigenvalue weighted by molar-refractivity contribution is 6.08. The Labute approximate surface area is 134 Å². The number of anilines is 1. The molecule has 1 aromatic carbocycles. The van der Waals surface area contributed by atoms with Crippen LogP contribution in [-0.2, 0) is 0 Å². The summed E-state index contributed by atoms with van der Waals surface area (Å²) < 4.78 is 13.7. The van der Waals surface area contributed by atoms with E-state index in [-0.39, 0.29) is 0 Å². The van der Waals surface area contributed by atoms with Gasteiger partial charge in [0.1, 0.15) is 5.82 Å². The molecule has 0 aliphatic rings. The smallest absolute Gasteiger partial charge is 0.356 e. The van der Waals surface area contributed by atoms with Gasteiger partial charge < -0.3 is 10.4 Å². The minimum atomic E-state index is -1.48. The zero-order valence-corrected chi connectivity index (χ0v) is 12.5. The summed E-state index contributed by atoms with van der Waals surface area (Å²) in [6.45, 7) is 3.05. The fraction of sp³-hybridized carbons (Fsp3) is 0.143. The number of rotatable bonds is 4. The van der Waals surface area contributed by atoms with Gasteiger partial charge in [0.25, 0.3) is 11.6 Å². The van der Waals surface area contributed by atoms with Crippen LogP contribution in [0.1, 0.15) is 32.4 Å². The second-order valence-electron chi connectivity index (χ2n) is 4.77. The van der Waals surface area contributed by atoms with Crippen LogP contribution in [0, 0.1) is 29.8 Å². The van der Waals surface area contributed by atoms with Crippen molar-refractivity contribution in [2.24, 2.45) is 0 Å². The lowest BCUT2D eigenvalue weighted by molar-refractivity contribution is -0.384. The Morgan fingerprint density at radius 1 is 1.21 bits per heavy atom. The Bertz CT molecular complexity index is 868. The minimum absolute atomic E-state index is 0.324. The Kier molecular flexibility index (Phi) is 4.49. The molecule has 1 amide bonds. The number of nitro benzene ring substituents is 1. The van der Waals surface area contributed by atoms with Crippen LogP contribution < -0.4 is 5.32 Å². The molecule has 1 aromatic heterocycles. The van der Waals surface area contributed by atoms with Gasteiger partial charge >= 0.3 is 5.97 Å². The largest absolute Gasteiger partial charge is 0.476 e. The van der Waals surface area contributed by atoms with E-state index >= 15 is 0 Å². The third-order valence-corrected chi connectivity index (χ3v) is 3.13. The molecule has 24 heavy (non-hydrogen) atoms. The number of carboxylic acid groups (broad SMARTS) is 1. The number of aromatic nitrogens is 2. The van der Waals surface area contributed by atoms with Gasteiger partial charge in [0.2, 0.25) is 0 Å². The maximum absolute atomic E-state index is 13.7. The summed E-state index contributed by atoms with van der Waals surface area (Å²) in [5, 5.41) is 21.9. The number of hydrogen-bond donors (Lipinski definition) is 2. The van der Waals surface area contributed by atoms with Crippen LogP contribution in [0.5, 0.6) is 0 Å². The monoisotopic (exact) mass is 334 g/mol. The van der Waals surface area contributed by atoms with Gasteiger partial charge in [-0.2, -0.15) is 0 Å². The van der Waals surface area contributed by atoms with Crippen LogP contribution in [0.3, 0.4) is 0 Å². The van der Waals surface area contributed by atoms with Crippen LogP contribution >= 0.6 is 0 Å². The van der Waals surface area contributed by atoms with E-state index in [1.54, 1.807) is 0 Å². The summed E-state index contributed by atoms with van der Waals surface area (Å²) in [5.74, 6) is -3.43. The van der Waals surface area contributed by atoms with Crippen molar-refractivity contribution in [2.75, 3.05) is 5.32 Å². The van der Waals surface area contributed by atoms with Crippen molar-refractivity contribution in [3.63, 3.8) is 0 Å². The summed E-state index contributed by atoms with van der Waals surface area (Å²) in [4.78, 5) is 41.0. The van der Waals surface area contributed by atoms with Gasteiger partial charge in [-0.3, -0.25) is 14.9 Å². The van der Waals surface area contributed by atoms with Crippen LogP contribution in [0.4, 0.5) is 15.8 Å². The molecule has 2 aromatic rings. The van der Waals surface area contributed by atoms with Crippen molar-refractivity contribution in [1.82, 2.24) is 9.97 Å². The Hall–Kier alpha value is -3.43. The molecule has 0 bridgehead atoms. The van der Waals surface area contributed by atoms with Crippen molar-refractivity contribution in [1.29, 1.82) is 0 Å². The van der Waals surface area contributed by atoms with E-state index in [0.29, 0.717) is 11.4 Å². The number of halogens is 1. The van der Waals surface area contributed by atoms with Gasteiger partial charge in [0.05, 0.1) is 22.0 Å². The summed E-state index contributed by atoms with van der Waals surface area (Å²) in [6, 6.07) is 2.57. The van der Waals surface area contributed by atoms with Gasteiger partial charge in [-0.15, -0.1) is 0 Å². The zero-order valence-electron chi connectivity index (χ0n) is 12.5. The number of amides is 1. The van der Waals surface area contributed by atoms with Gasteiger partial charge in [0.15, 0.2) is 11.4 Å². The maximum Gasteiger partial charge on any atom is 0.356 e. The fourth-order valence-corrected chi connectivity index (χ4v) is 1.81. The molecule has 2 N–H and O–H groups in total. The molecule has 0 saturated carbocycles. The highest BCUT2D eigenvalue weighted by Gasteiger charge is 2.23. The lowest BCUT2D eigenvalue weighted by Crippen LogP contribution is -2.21. The number of nitrogens with zero attached hydrogens (tertiary/aromatic N) is 3. The van der Waals surface area contributed by atoms with Crippen LogP contribution in [-0.4, -0.2) is 31.9 Å². The van der Waals surface area contributed by atoms with Crippen molar-refractivity contribution in [3.05, 3.63) is 56.9 Å². The van der Waals surface area contributed by atoms with Crippen molar-refractivity contribution in [2.45, 2.75) is 13.8 Å². The first-order chi connectivity index (χ1) is 11.2. The number of carbonyl (C=O) groups is 2. The van der Waals surface area contributed by atoms with Crippen molar-refractivity contribution >= 4 is 23.3 Å². The zero-order chi connectivity index (χ0) is 18.0. The third kappa shape index (κ3) is 3.32. The van der Waals surface area contributed by atoms with Gasteiger partial charge in [0, 0.05) is 12.1 Å². The summed E-state index contributed by atoms with van der Waals surface area (Å²) in [6.07, 6.45) is 0. The van der Waals surface area contributed by atoms with E-state index in [2.05, 4.69) is 15.3 Å². The quantitative estimate of drug-likeness (QED) is 0.645. The van der Waals surface area contributed by atoms with Crippen LogP contribution in [0.25, 0.3) is 0 Å². The number of hydrogen-bond acceptors (Lipinski definition) is 6. The molecule has 124 valence electrons. The standard InChI is InChI=1S/C14H11FN4O5/c1-6-7(2)17-12(14(21)22)11(16-6)13(20)18-10-5-8(19(23)24)3-4-9(10)15/h3-5H,1-2H3,(H,18,20)(H,21,22). The first-order valence-electron chi connectivity index (χ1n) is 6.54. The summed E-state index contributed by atoms with van der Waals surface area (Å²) in [7, 11) is 0. The number of carbonyl (C=O) groups excluding carboxylic acids is 1. The summed E-state index contributed by atoms with van der Waals surface area (Å²) in [5.41, 5.74) is -1.37. The van der Waals surface area contributed by atoms with Gasteiger partial charge in [-0.05, 0) is 19.9 Å². The molecular weight excluding hydrogens is 323 g/mol. The minimum Gasteiger partial charge on any atom is -0.476 e. The SMILES string of the molecule is Cc1nc(C(=O)O)c(C(=O)Nc2cc([N+](=O)[O-])ccc2F)nc1C. The van der Waals surface area contributed by atoms with E-state index in [1.165, 1.54) is 13.8 Å². The third-order valence-electron chi connectivity index (χ3n) is 3.13. The van der Waals surface area contributed by atoms with Crippen LogP contribution in [0.2, 0.25) is 0 Å². The second kappa shape index (κ2) is 6.36. The Balaban J connectivity index is 2.44. The fourth-order valence-electron chi connectivity index (χ4n) is 1.81. The molecule has 2 rings (SSSR count). The molecule has 0 radical (unpaired) electrons. The highest BCUT2D eigenvalue weighted by Crippen LogP contribution is 2.22. The highest BCUT2D eigenvalue weighted by atomic mass is 19.1. The maximum atomic E-state index is 13.7. The Morgan fingerprint density at radius 2 is 1.79 bits per heavy atom. The molecule has 0 aliphatic heterocycles. The molecule has 9 nitrogen and oxygen atoms in total. The predicted molar refractivity (Wildman–Crippen MR) is 79.5 cm³/mol. The van der Waals surface area contributed by atoms with E-state index in [4.69, 9.17) is 5.11 Å². The summed E-state index contributed by atoms with van der Waals surface area (Å²) >= 11 is 0. The molecular formula is C14H11FN4O5. The van der Waals surface area contributed by atoms with Crippen LogP contribution in [0.15, 0.2) is 18.2 Å². The van der Waals surface area contributed by atoms with Crippen molar-refractivity contribution in [3.8, 4) is 0 Å². The van der Waals surface area contributed by atoms with E-state index in [1.807, 2.05) is 0 Å². The number of aryl methyl sites for hydroxylation is 2. The first-order valence-corrected chi connectivity index (χ1v) is 6.54. The predicted octanol–water partition coefficient (Wildman–Crippen LogP) is 2.09. The van der Waals surface area contributed by atoms with E-state index < -0.39 is 45.4 Å². The van der Waals surface area contributed by atoms with E-state index in [0.717, 1.165) is 18.2 Å². The molecule has 0 fully saturated rings. The number of carboxylic acids is 1. The molecule has 1 heterocycles. The van der Waals surface area contributed by atoms with Gasteiger partial charge in [-0.1, -0.05) is 0 Å². The van der Waals surface area contributed by atoms with Gasteiger partial charge in [-0.25, -0.2) is 19.2 Å². The lowest BCUT2D eigenvalue weighted by Gasteiger charge is -2.09. The number of nitro groups is 1. The number of benzene rings is 1. The average Bonchev–Trinajstić information content (AvgIpc) is 2.51. The Morgan fingerprint density at radius 3 is 2.33 bits per heavy atom. The lowest BCUT2D eigenvalue weighted by atomic mass is 10.2. The molecule has 0 saturated heterocycles. The first kappa shape index (κ1) is 16.9. The molecule has 0 atom stereocenters. The second-order valence-corrected chi connectivity index (χ2v) is 4.77. The molecule has 0 aliphatic carbocycles. The number of non-ortho nitro benzene ring substituents is 1. The topological polar surface area (TPSA) is 135 Å².